The summed E-state index contributed by atoms with van der Waals surface area (Å²) in [6, 6.07) is 3.08. The summed E-state index contributed by atoms with van der Waals surface area (Å²) in [7, 11) is -0.454. The minimum atomic E-state index is -0.454. The molecular weight excluding hydrogens is 198 g/mol. The van der Waals surface area contributed by atoms with Gasteiger partial charge in [0.25, 0.3) is 0 Å². The van der Waals surface area contributed by atoms with Gasteiger partial charge in [0.1, 0.15) is 0 Å². The van der Waals surface area contributed by atoms with Gasteiger partial charge in [0, 0.05) is 8.80 Å². The van der Waals surface area contributed by atoms with E-state index < -0.39 is 8.80 Å². The zero-order chi connectivity index (χ0) is 11.7. The summed E-state index contributed by atoms with van der Waals surface area (Å²) in [5.41, 5.74) is 1.04. The van der Waals surface area contributed by atoms with Crippen molar-refractivity contribution in [2.45, 2.75) is 65.1 Å². The summed E-state index contributed by atoms with van der Waals surface area (Å²) in [5, 5.41) is 0. The van der Waals surface area contributed by atoms with E-state index in [0.29, 0.717) is 0 Å². The lowest BCUT2D eigenvalue weighted by Crippen LogP contribution is -2.29. The molecule has 92 valence electrons. The lowest BCUT2D eigenvalue weighted by atomic mass is 10.4. The monoisotopic (exact) mass is 229 g/mol. The highest BCUT2D eigenvalue weighted by molar-refractivity contribution is 6.60. The maximum Gasteiger partial charge on any atom is 0.0408 e. The quantitative estimate of drug-likeness (QED) is 0.544. The zero-order valence-electron chi connectivity index (χ0n) is 11.6. The molecule has 0 saturated carbocycles. The van der Waals surface area contributed by atoms with E-state index in [2.05, 4.69) is 39.5 Å². The fraction of sp³-hybridized carbons (Fsp3) is 1.00. The lowest BCUT2D eigenvalue weighted by Gasteiger charge is -2.25. The second-order valence-electron chi connectivity index (χ2n) is 4.75. The molecule has 0 fully saturated rings. The Labute approximate surface area is 98.9 Å². The second-order valence-corrected chi connectivity index (χ2v) is 8.56. The number of hydrogen-bond acceptors (Lipinski definition) is 1. The van der Waals surface area contributed by atoms with Crippen molar-refractivity contribution in [2.24, 2.45) is 0 Å². The molecule has 0 aromatic carbocycles. The van der Waals surface area contributed by atoms with Gasteiger partial charge in [0.2, 0.25) is 0 Å². The fourth-order valence-corrected chi connectivity index (χ4v) is 5.84. The molecule has 0 aliphatic carbocycles. The Balaban J connectivity index is 3.93. The predicted molar refractivity (Wildman–Crippen MR) is 74.6 cm³/mol. The summed E-state index contributed by atoms with van der Waals surface area (Å²) >= 11 is 0. The minimum absolute atomic E-state index is 0.454. The van der Waals surface area contributed by atoms with Gasteiger partial charge in [-0.2, -0.15) is 0 Å². The van der Waals surface area contributed by atoms with Gasteiger partial charge in [-0.1, -0.05) is 59.0 Å². The molecule has 0 bridgehead atoms. The largest absolute Gasteiger partial charge is 0.304 e. The third-order valence-electron chi connectivity index (χ3n) is 3.82. The predicted octanol–water partition coefficient (Wildman–Crippen LogP) is 3.77. The Morgan fingerprint density at radius 2 is 1.60 bits per heavy atom. The van der Waals surface area contributed by atoms with Crippen LogP contribution in [0.4, 0.5) is 0 Å². The van der Waals surface area contributed by atoms with Crippen LogP contribution >= 0.6 is 0 Å². The fourth-order valence-electron chi connectivity index (χ4n) is 2.31. The van der Waals surface area contributed by atoms with Crippen LogP contribution in [-0.2, 0) is 0 Å². The van der Waals surface area contributed by atoms with Gasteiger partial charge in [-0.15, -0.1) is 0 Å². The van der Waals surface area contributed by atoms with E-state index in [4.69, 9.17) is 0 Å². The molecule has 0 aromatic rings. The van der Waals surface area contributed by atoms with Crippen LogP contribution in [0.15, 0.2) is 0 Å². The molecule has 0 saturated heterocycles. The van der Waals surface area contributed by atoms with Crippen molar-refractivity contribution in [3.05, 3.63) is 0 Å². The van der Waals surface area contributed by atoms with E-state index in [0.717, 1.165) is 5.54 Å². The van der Waals surface area contributed by atoms with Gasteiger partial charge in [-0.05, 0) is 25.7 Å². The molecule has 2 unspecified atom stereocenters. The molecule has 0 aliphatic rings. The van der Waals surface area contributed by atoms with Gasteiger partial charge in [-0.3, -0.25) is 0 Å². The highest BCUT2D eigenvalue weighted by Crippen LogP contribution is 2.21. The van der Waals surface area contributed by atoms with Crippen molar-refractivity contribution in [1.82, 2.24) is 4.90 Å². The van der Waals surface area contributed by atoms with Crippen LogP contribution < -0.4 is 0 Å². The summed E-state index contributed by atoms with van der Waals surface area (Å²) in [4.78, 5) is 2.58. The smallest absolute Gasteiger partial charge is 0.0408 e. The Bertz CT molecular complexity index is 134. The van der Waals surface area contributed by atoms with Crippen LogP contribution in [0.5, 0.6) is 0 Å². The molecular formula is C13H31NSi. The molecule has 0 radical (unpaired) electrons. The second kappa shape index (κ2) is 9.41. The van der Waals surface area contributed by atoms with Crippen LogP contribution in [0.25, 0.3) is 0 Å². The topological polar surface area (TPSA) is 3.24 Å². The Morgan fingerprint density at radius 1 is 1.00 bits per heavy atom. The molecule has 0 rings (SSSR count). The van der Waals surface area contributed by atoms with E-state index in [9.17, 15) is 0 Å². The van der Waals surface area contributed by atoms with Gasteiger partial charge < -0.3 is 4.90 Å². The zero-order valence-corrected chi connectivity index (χ0v) is 12.7. The third-order valence-corrected chi connectivity index (χ3v) is 8.22. The average Bonchev–Trinajstić information content (AvgIpc) is 2.27. The van der Waals surface area contributed by atoms with Crippen molar-refractivity contribution in [3.8, 4) is 0 Å². The first-order valence-corrected chi connectivity index (χ1v) is 9.21. The molecule has 0 aromatic heterocycles. The van der Waals surface area contributed by atoms with E-state index in [1.165, 1.54) is 38.5 Å². The molecule has 0 N–H and O–H groups in total. The normalized spacial score (nSPS) is 15.6. The Hall–Kier alpha value is 0.177. The molecule has 1 nitrogen and oxygen atoms in total. The Kier molecular flexibility index (Phi) is 9.52. The summed E-state index contributed by atoms with van der Waals surface area (Å²) in [6.07, 6.45) is 2.80. The van der Waals surface area contributed by atoms with E-state index in [1.807, 2.05) is 0 Å². The van der Waals surface area contributed by atoms with Gasteiger partial charge >= 0.3 is 0 Å². The Morgan fingerprint density at radius 3 is 2.00 bits per heavy atom. The van der Waals surface area contributed by atoms with Crippen LogP contribution in [0.2, 0.25) is 17.6 Å². The summed E-state index contributed by atoms with van der Waals surface area (Å²) in [5.74, 6) is 0. The van der Waals surface area contributed by atoms with Gasteiger partial charge in [0.15, 0.2) is 0 Å². The lowest BCUT2D eigenvalue weighted by molar-refractivity contribution is 0.319. The standard InChI is InChI=1S/C13H31NSi/c1-6-11-15(13(5)7-2)12-10-14(8-3)9-4/h13,15H,6-12H2,1-5H3. The van der Waals surface area contributed by atoms with Crippen molar-refractivity contribution in [2.75, 3.05) is 19.6 Å². The minimum Gasteiger partial charge on any atom is -0.304 e. The van der Waals surface area contributed by atoms with Gasteiger partial charge in [-0.25, -0.2) is 0 Å². The van der Waals surface area contributed by atoms with E-state index in [-0.39, 0.29) is 0 Å². The summed E-state index contributed by atoms with van der Waals surface area (Å²) in [6.45, 7) is 15.6. The first-order chi connectivity index (χ1) is 7.19. The van der Waals surface area contributed by atoms with Crippen molar-refractivity contribution in [3.63, 3.8) is 0 Å². The molecule has 2 heteroatoms. The third kappa shape index (κ3) is 6.36. The number of hydrogen-bond donors (Lipinski definition) is 0. The molecule has 0 aliphatic heterocycles. The molecule has 0 spiro atoms. The van der Waals surface area contributed by atoms with E-state index >= 15 is 0 Å². The first kappa shape index (κ1) is 15.2. The molecule has 15 heavy (non-hydrogen) atoms. The molecule has 2 atom stereocenters. The number of rotatable bonds is 9. The number of nitrogens with zero attached hydrogens (tertiary/aromatic N) is 1. The highest BCUT2D eigenvalue weighted by Gasteiger charge is 2.17. The first-order valence-electron chi connectivity index (χ1n) is 6.91. The summed E-state index contributed by atoms with van der Waals surface area (Å²) < 4.78 is 0. The average molecular weight is 229 g/mol. The van der Waals surface area contributed by atoms with E-state index in [1.54, 1.807) is 6.04 Å². The van der Waals surface area contributed by atoms with Crippen LogP contribution in [0.3, 0.4) is 0 Å². The van der Waals surface area contributed by atoms with Crippen molar-refractivity contribution < 1.29 is 0 Å². The van der Waals surface area contributed by atoms with Crippen LogP contribution in [0, 0.1) is 0 Å². The van der Waals surface area contributed by atoms with Crippen LogP contribution in [0.1, 0.15) is 47.5 Å². The van der Waals surface area contributed by atoms with Crippen LogP contribution in [-0.4, -0.2) is 33.3 Å². The molecule has 0 amide bonds. The van der Waals surface area contributed by atoms with Crippen molar-refractivity contribution >= 4 is 8.80 Å². The maximum absolute atomic E-state index is 2.58. The SMILES string of the molecule is CCC[SiH](CCN(CC)CC)C(C)CC. The maximum atomic E-state index is 2.58. The van der Waals surface area contributed by atoms with Gasteiger partial charge in [0.05, 0.1) is 0 Å². The molecule has 0 heterocycles. The van der Waals surface area contributed by atoms with Crippen molar-refractivity contribution in [1.29, 1.82) is 0 Å². The highest BCUT2D eigenvalue weighted by atomic mass is 28.3.